The molecule has 1 amide bonds. The lowest BCUT2D eigenvalue weighted by molar-refractivity contribution is -0.127. The summed E-state index contributed by atoms with van der Waals surface area (Å²) in [6.45, 7) is 10.3. The van der Waals surface area contributed by atoms with E-state index in [1.807, 2.05) is 19.2 Å². The van der Waals surface area contributed by atoms with E-state index in [-0.39, 0.29) is 11.3 Å². The molecule has 0 spiro atoms. The van der Waals surface area contributed by atoms with Crippen molar-refractivity contribution in [3.8, 4) is 0 Å². The minimum absolute atomic E-state index is 0.0795. The molecule has 1 saturated heterocycles. The van der Waals surface area contributed by atoms with Crippen LogP contribution in [0.15, 0.2) is 5.38 Å². The monoisotopic (exact) mass is 295 g/mol. The summed E-state index contributed by atoms with van der Waals surface area (Å²) in [4.78, 5) is 17.0. The van der Waals surface area contributed by atoms with E-state index in [2.05, 4.69) is 29.5 Å². The van der Waals surface area contributed by atoms with Crippen molar-refractivity contribution in [2.24, 2.45) is 11.3 Å². The lowest BCUT2D eigenvalue weighted by atomic mass is 9.74. The molecule has 2 N–H and O–H groups in total. The van der Waals surface area contributed by atoms with Crippen molar-refractivity contribution in [2.45, 2.75) is 46.5 Å². The van der Waals surface area contributed by atoms with Gasteiger partial charge in [-0.2, -0.15) is 0 Å². The predicted octanol–water partition coefficient (Wildman–Crippen LogP) is 3.23. The van der Waals surface area contributed by atoms with Gasteiger partial charge >= 0.3 is 0 Å². The molecule has 1 aromatic rings. The minimum Gasteiger partial charge on any atom is -0.316 e. The van der Waals surface area contributed by atoms with Crippen LogP contribution in [0.25, 0.3) is 0 Å². The molecule has 2 rings (SSSR count). The number of amides is 1. The third-order valence-electron chi connectivity index (χ3n) is 4.24. The van der Waals surface area contributed by atoms with E-state index < -0.39 is 0 Å². The highest BCUT2D eigenvalue weighted by molar-refractivity contribution is 7.13. The fourth-order valence-corrected chi connectivity index (χ4v) is 3.39. The number of carbonyl (C=O) groups is 1. The zero-order valence-electron chi connectivity index (χ0n) is 12.8. The molecule has 1 unspecified atom stereocenters. The predicted molar refractivity (Wildman–Crippen MR) is 84.2 cm³/mol. The molecule has 4 nitrogen and oxygen atoms in total. The van der Waals surface area contributed by atoms with Crippen LogP contribution in [0, 0.1) is 11.3 Å². The van der Waals surface area contributed by atoms with E-state index in [0.717, 1.165) is 36.8 Å². The standard InChI is InChI=1S/C15H25N3OS/c1-10(2)12-9-20-14(17-12)18-13(19)15(3,4)11-6-5-7-16-8-11/h9-11,16H,5-8H2,1-4H3,(H,17,18,19). The Hall–Kier alpha value is -0.940. The van der Waals surface area contributed by atoms with Gasteiger partial charge in [-0.3, -0.25) is 4.79 Å². The third-order valence-corrected chi connectivity index (χ3v) is 5.01. The fraction of sp³-hybridized carbons (Fsp3) is 0.733. The number of hydrogen-bond acceptors (Lipinski definition) is 4. The largest absolute Gasteiger partial charge is 0.316 e. The molecule has 112 valence electrons. The lowest BCUT2D eigenvalue weighted by Crippen LogP contribution is -2.44. The van der Waals surface area contributed by atoms with Gasteiger partial charge < -0.3 is 10.6 Å². The number of rotatable bonds is 4. The molecule has 1 atom stereocenters. The summed E-state index contributed by atoms with van der Waals surface area (Å²) in [5.74, 6) is 0.865. The highest BCUT2D eigenvalue weighted by Gasteiger charge is 2.37. The zero-order chi connectivity index (χ0) is 14.8. The second-order valence-corrected chi connectivity index (χ2v) is 7.31. The number of piperidine rings is 1. The Balaban J connectivity index is 2.01. The number of nitrogens with zero attached hydrogens (tertiary/aromatic N) is 1. The second kappa shape index (κ2) is 6.22. The Bertz CT molecular complexity index is 461. The quantitative estimate of drug-likeness (QED) is 0.896. The topological polar surface area (TPSA) is 54.0 Å². The van der Waals surface area contributed by atoms with Gasteiger partial charge in [0.05, 0.1) is 5.69 Å². The van der Waals surface area contributed by atoms with Crippen molar-refractivity contribution in [1.29, 1.82) is 0 Å². The molecule has 1 fully saturated rings. The van der Waals surface area contributed by atoms with Crippen LogP contribution in [0.4, 0.5) is 5.13 Å². The van der Waals surface area contributed by atoms with Crippen LogP contribution < -0.4 is 10.6 Å². The number of anilines is 1. The van der Waals surface area contributed by atoms with Gasteiger partial charge in [-0.05, 0) is 37.8 Å². The Morgan fingerprint density at radius 3 is 2.85 bits per heavy atom. The summed E-state index contributed by atoms with van der Waals surface area (Å²) in [7, 11) is 0. The van der Waals surface area contributed by atoms with Gasteiger partial charge in [-0.25, -0.2) is 4.98 Å². The van der Waals surface area contributed by atoms with Crippen LogP contribution in [0.5, 0.6) is 0 Å². The molecule has 0 saturated carbocycles. The number of carbonyl (C=O) groups excluding carboxylic acids is 1. The SMILES string of the molecule is CC(C)c1csc(NC(=O)C(C)(C)C2CCCNC2)n1. The van der Waals surface area contributed by atoms with Crippen LogP contribution >= 0.6 is 11.3 Å². The summed E-state index contributed by atoms with van der Waals surface area (Å²) >= 11 is 1.51. The van der Waals surface area contributed by atoms with Crippen LogP contribution in [-0.4, -0.2) is 24.0 Å². The summed E-state index contributed by atoms with van der Waals surface area (Å²) in [6, 6.07) is 0. The van der Waals surface area contributed by atoms with Crippen molar-refractivity contribution in [2.75, 3.05) is 18.4 Å². The molecule has 2 heterocycles. The summed E-state index contributed by atoms with van der Waals surface area (Å²) in [5.41, 5.74) is 0.680. The minimum atomic E-state index is -0.364. The Kier molecular flexibility index (Phi) is 4.81. The number of thiazole rings is 1. The Morgan fingerprint density at radius 1 is 1.55 bits per heavy atom. The molecule has 0 aliphatic carbocycles. The van der Waals surface area contributed by atoms with Crippen molar-refractivity contribution >= 4 is 22.4 Å². The number of nitrogens with one attached hydrogen (secondary N) is 2. The van der Waals surface area contributed by atoms with Crippen molar-refractivity contribution in [3.05, 3.63) is 11.1 Å². The molecule has 1 aliphatic heterocycles. The Morgan fingerprint density at radius 2 is 2.30 bits per heavy atom. The molecule has 0 aromatic carbocycles. The molecule has 1 aliphatic rings. The fourth-order valence-electron chi connectivity index (χ4n) is 2.52. The van der Waals surface area contributed by atoms with Gasteiger partial charge in [0.2, 0.25) is 5.91 Å². The molecule has 0 radical (unpaired) electrons. The van der Waals surface area contributed by atoms with E-state index in [1.54, 1.807) is 0 Å². The Labute approximate surface area is 125 Å². The highest BCUT2D eigenvalue weighted by atomic mass is 32.1. The van der Waals surface area contributed by atoms with Gasteiger partial charge in [0.25, 0.3) is 0 Å². The smallest absolute Gasteiger partial charge is 0.232 e. The summed E-state index contributed by atoms with van der Waals surface area (Å²) in [5, 5.41) is 9.12. The molecule has 5 heteroatoms. The summed E-state index contributed by atoms with van der Waals surface area (Å²) < 4.78 is 0. The van der Waals surface area contributed by atoms with Gasteiger partial charge in [0.1, 0.15) is 0 Å². The average molecular weight is 295 g/mol. The molecular formula is C15H25N3OS. The highest BCUT2D eigenvalue weighted by Crippen LogP contribution is 2.33. The molecule has 1 aromatic heterocycles. The lowest BCUT2D eigenvalue weighted by Gasteiger charge is -2.35. The normalized spacial score (nSPS) is 20.1. The van der Waals surface area contributed by atoms with Crippen molar-refractivity contribution in [3.63, 3.8) is 0 Å². The number of hydrogen-bond donors (Lipinski definition) is 2. The first kappa shape index (κ1) is 15.4. The average Bonchev–Trinajstić information content (AvgIpc) is 2.88. The van der Waals surface area contributed by atoms with E-state index in [1.165, 1.54) is 11.3 Å². The molecule has 20 heavy (non-hydrogen) atoms. The van der Waals surface area contributed by atoms with Crippen LogP contribution in [0.2, 0.25) is 0 Å². The maximum atomic E-state index is 12.5. The van der Waals surface area contributed by atoms with Crippen molar-refractivity contribution < 1.29 is 4.79 Å². The third kappa shape index (κ3) is 3.38. The van der Waals surface area contributed by atoms with Crippen molar-refractivity contribution in [1.82, 2.24) is 10.3 Å². The first-order valence-electron chi connectivity index (χ1n) is 7.39. The second-order valence-electron chi connectivity index (χ2n) is 6.45. The first-order chi connectivity index (χ1) is 9.41. The van der Waals surface area contributed by atoms with Gasteiger partial charge in [-0.1, -0.05) is 27.7 Å². The van der Waals surface area contributed by atoms with E-state index >= 15 is 0 Å². The zero-order valence-corrected chi connectivity index (χ0v) is 13.6. The maximum absolute atomic E-state index is 12.5. The van der Waals surface area contributed by atoms with Gasteiger partial charge in [0.15, 0.2) is 5.13 Å². The van der Waals surface area contributed by atoms with Crippen LogP contribution in [0.3, 0.4) is 0 Å². The van der Waals surface area contributed by atoms with E-state index in [4.69, 9.17) is 0 Å². The number of aromatic nitrogens is 1. The first-order valence-corrected chi connectivity index (χ1v) is 8.27. The van der Waals surface area contributed by atoms with E-state index in [0.29, 0.717) is 11.8 Å². The summed E-state index contributed by atoms with van der Waals surface area (Å²) in [6.07, 6.45) is 2.26. The van der Waals surface area contributed by atoms with Gasteiger partial charge in [0, 0.05) is 10.8 Å². The van der Waals surface area contributed by atoms with Crippen LogP contribution in [-0.2, 0) is 4.79 Å². The van der Waals surface area contributed by atoms with E-state index in [9.17, 15) is 4.79 Å². The molecular weight excluding hydrogens is 270 g/mol. The maximum Gasteiger partial charge on any atom is 0.232 e. The van der Waals surface area contributed by atoms with Crippen LogP contribution in [0.1, 0.15) is 52.1 Å². The molecule has 0 bridgehead atoms. The van der Waals surface area contributed by atoms with Gasteiger partial charge in [-0.15, -0.1) is 11.3 Å².